The number of carboxylic acids is 1. The minimum absolute atomic E-state index is 0.303. The Balaban J connectivity index is 2.42. The van der Waals surface area contributed by atoms with Crippen LogP contribution in [0.25, 0.3) is 0 Å². The van der Waals surface area contributed by atoms with Gasteiger partial charge < -0.3 is 5.11 Å². The molecule has 0 bridgehead atoms. The summed E-state index contributed by atoms with van der Waals surface area (Å²) < 4.78 is 0. The van der Waals surface area contributed by atoms with Crippen molar-refractivity contribution in [2.24, 2.45) is 5.92 Å². The average Bonchev–Trinajstić information content (AvgIpc) is 2.83. The smallest absolute Gasteiger partial charge is 0.332 e. The van der Waals surface area contributed by atoms with Gasteiger partial charge in [-0.2, -0.15) is 0 Å². The number of hydrogen-bond donors (Lipinski definition) is 1. The average molecular weight is 197 g/mol. The fourth-order valence-electron chi connectivity index (χ4n) is 1.56. The molecule has 0 aromatic rings. The van der Waals surface area contributed by atoms with Gasteiger partial charge >= 0.3 is 5.97 Å². The highest BCUT2D eigenvalue weighted by molar-refractivity contribution is 5.86. The lowest BCUT2D eigenvalue weighted by atomic mass is 10.2. The van der Waals surface area contributed by atoms with Crippen molar-refractivity contribution in [2.75, 3.05) is 13.1 Å². The van der Waals surface area contributed by atoms with Crippen LogP contribution in [0.4, 0.5) is 0 Å². The lowest BCUT2D eigenvalue weighted by Crippen LogP contribution is -2.33. The zero-order valence-electron chi connectivity index (χ0n) is 8.99. The standard InChI is InChI=1S/C11H19NO2/c1-8(2)6-12(10-4-5-10)7-9(3)11(13)14/h8,10H,3-7H2,1-2H3,(H,13,14). The maximum atomic E-state index is 10.6. The summed E-state index contributed by atoms with van der Waals surface area (Å²) in [6.07, 6.45) is 2.42. The Morgan fingerprint density at radius 3 is 2.50 bits per heavy atom. The van der Waals surface area contributed by atoms with E-state index >= 15 is 0 Å². The van der Waals surface area contributed by atoms with Crippen molar-refractivity contribution < 1.29 is 9.90 Å². The van der Waals surface area contributed by atoms with Crippen molar-refractivity contribution in [3.05, 3.63) is 12.2 Å². The molecule has 80 valence electrons. The van der Waals surface area contributed by atoms with E-state index in [9.17, 15) is 4.79 Å². The number of hydrogen-bond acceptors (Lipinski definition) is 2. The van der Waals surface area contributed by atoms with E-state index in [4.69, 9.17) is 5.11 Å². The molecule has 0 unspecified atom stereocenters. The lowest BCUT2D eigenvalue weighted by molar-refractivity contribution is -0.132. The summed E-state index contributed by atoms with van der Waals surface area (Å²) >= 11 is 0. The molecular formula is C11H19NO2. The molecule has 0 saturated heterocycles. The maximum Gasteiger partial charge on any atom is 0.332 e. The van der Waals surface area contributed by atoms with Crippen LogP contribution in [0.5, 0.6) is 0 Å². The molecule has 0 aromatic carbocycles. The van der Waals surface area contributed by atoms with Gasteiger partial charge in [0.25, 0.3) is 0 Å². The van der Waals surface area contributed by atoms with Crippen LogP contribution in [0, 0.1) is 5.92 Å². The normalized spacial score (nSPS) is 16.3. The fourth-order valence-corrected chi connectivity index (χ4v) is 1.56. The zero-order chi connectivity index (χ0) is 10.7. The van der Waals surface area contributed by atoms with E-state index in [1.807, 2.05) is 0 Å². The van der Waals surface area contributed by atoms with Gasteiger partial charge in [0.05, 0.1) is 0 Å². The van der Waals surface area contributed by atoms with Gasteiger partial charge in [-0.05, 0) is 18.8 Å². The molecule has 3 nitrogen and oxygen atoms in total. The van der Waals surface area contributed by atoms with Crippen molar-refractivity contribution in [3.63, 3.8) is 0 Å². The van der Waals surface area contributed by atoms with E-state index in [-0.39, 0.29) is 0 Å². The summed E-state index contributed by atoms with van der Waals surface area (Å²) in [6.45, 7) is 9.35. The summed E-state index contributed by atoms with van der Waals surface area (Å²) in [5.74, 6) is -0.295. The van der Waals surface area contributed by atoms with Gasteiger partial charge in [-0.1, -0.05) is 20.4 Å². The van der Waals surface area contributed by atoms with E-state index in [1.54, 1.807) is 0 Å². The molecule has 0 radical (unpaired) electrons. The first-order chi connectivity index (χ1) is 6.50. The fraction of sp³-hybridized carbons (Fsp3) is 0.727. The number of rotatable bonds is 6. The number of aliphatic carboxylic acids is 1. The van der Waals surface area contributed by atoms with Gasteiger partial charge in [0.2, 0.25) is 0 Å². The Kier molecular flexibility index (Phi) is 3.69. The minimum atomic E-state index is -0.876. The second-order valence-corrected chi connectivity index (χ2v) is 4.46. The first kappa shape index (κ1) is 11.2. The maximum absolute atomic E-state index is 10.6. The molecule has 0 amide bonds. The Morgan fingerprint density at radius 2 is 2.14 bits per heavy atom. The largest absolute Gasteiger partial charge is 0.478 e. The Hall–Kier alpha value is -0.830. The quantitative estimate of drug-likeness (QED) is 0.659. The predicted molar refractivity (Wildman–Crippen MR) is 56.2 cm³/mol. The van der Waals surface area contributed by atoms with Gasteiger partial charge in [-0.3, -0.25) is 4.90 Å². The minimum Gasteiger partial charge on any atom is -0.478 e. The molecule has 1 aliphatic rings. The van der Waals surface area contributed by atoms with Crippen LogP contribution in [-0.4, -0.2) is 35.1 Å². The van der Waals surface area contributed by atoms with Crippen LogP contribution in [0.1, 0.15) is 26.7 Å². The molecule has 3 heteroatoms. The lowest BCUT2D eigenvalue weighted by Gasteiger charge is -2.23. The SMILES string of the molecule is C=C(CN(CC(C)C)C1CC1)C(=O)O. The van der Waals surface area contributed by atoms with E-state index in [0.717, 1.165) is 6.54 Å². The van der Waals surface area contributed by atoms with Gasteiger partial charge in [0.15, 0.2) is 0 Å². The first-order valence-corrected chi connectivity index (χ1v) is 5.15. The first-order valence-electron chi connectivity index (χ1n) is 5.15. The molecular weight excluding hydrogens is 178 g/mol. The Bertz CT molecular complexity index is 231. The molecule has 1 rings (SSSR count). The molecule has 1 fully saturated rings. The summed E-state index contributed by atoms with van der Waals surface area (Å²) in [4.78, 5) is 12.9. The van der Waals surface area contributed by atoms with Crippen molar-refractivity contribution in [1.29, 1.82) is 0 Å². The van der Waals surface area contributed by atoms with Crippen LogP contribution >= 0.6 is 0 Å². The van der Waals surface area contributed by atoms with Gasteiger partial charge in [0, 0.05) is 24.7 Å². The third-order valence-corrected chi connectivity index (χ3v) is 2.36. The van der Waals surface area contributed by atoms with Crippen molar-refractivity contribution >= 4 is 5.97 Å². The summed E-state index contributed by atoms with van der Waals surface area (Å²) in [5.41, 5.74) is 0.303. The summed E-state index contributed by atoms with van der Waals surface area (Å²) in [6, 6.07) is 0.605. The third kappa shape index (κ3) is 3.50. The molecule has 1 N–H and O–H groups in total. The zero-order valence-corrected chi connectivity index (χ0v) is 8.99. The van der Waals surface area contributed by atoms with Crippen molar-refractivity contribution in [1.82, 2.24) is 4.90 Å². The van der Waals surface area contributed by atoms with Crippen molar-refractivity contribution in [3.8, 4) is 0 Å². The van der Waals surface area contributed by atoms with Crippen LogP contribution < -0.4 is 0 Å². The number of carbonyl (C=O) groups is 1. The number of nitrogens with zero attached hydrogens (tertiary/aromatic N) is 1. The second-order valence-electron chi connectivity index (χ2n) is 4.46. The molecule has 0 aromatic heterocycles. The predicted octanol–water partition coefficient (Wildman–Crippen LogP) is 1.75. The molecule has 0 aliphatic heterocycles. The topological polar surface area (TPSA) is 40.5 Å². The van der Waals surface area contributed by atoms with Crippen LogP contribution in [0.15, 0.2) is 12.2 Å². The highest BCUT2D eigenvalue weighted by Crippen LogP contribution is 2.27. The summed E-state index contributed by atoms with van der Waals surface area (Å²) in [7, 11) is 0. The van der Waals surface area contributed by atoms with Crippen molar-refractivity contribution in [2.45, 2.75) is 32.7 Å². The van der Waals surface area contributed by atoms with Crippen LogP contribution in [0.2, 0.25) is 0 Å². The van der Waals surface area contributed by atoms with E-state index in [2.05, 4.69) is 25.3 Å². The van der Waals surface area contributed by atoms with Crippen LogP contribution in [0.3, 0.4) is 0 Å². The van der Waals surface area contributed by atoms with Gasteiger partial charge in [-0.25, -0.2) is 4.79 Å². The molecule has 0 atom stereocenters. The van der Waals surface area contributed by atoms with Crippen LogP contribution in [-0.2, 0) is 4.79 Å². The molecule has 1 saturated carbocycles. The Labute approximate surface area is 85.4 Å². The Morgan fingerprint density at radius 1 is 1.57 bits per heavy atom. The van der Waals surface area contributed by atoms with Gasteiger partial charge in [0.1, 0.15) is 0 Å². The molecule has 0 heterocycles. The highest BCUT2D eigenvalue weighted by Gasteiger charge is 2.30. The molecule has 0 spiro atoms. The molecule has 1 aliphatic carbocycles. The second kappa shape index (κ2) is 4.60. The van der Waals surface area contributed by atoms with E-state index in [0.29, 0.717) is 24.1 Å². The molecule has 14 heavy (non-hydrogen) atoms. The van der Waals surface area contributed by atoms with E-state index in [1.165, 1.54) is 12.8 Å². The van der Waals surface area contributed by atoms with E-state index < -0.39 is 5.97 Å². The highest BCUT2D eigenvalue weighted by atomic mass is 16.4. The summed E-state index contributed by atoms with van der Waals surface area (Å²) in [5, 5.41) is 8.74. The monoisotopic (exact) mass is 197 g/mol. The number of carboxylic acid groups (broad SMARTS) is 1. The third-order valence-electron chi connectivity index (χ3n) is 2.36. The van der Waals surface area contributed by atoms with Gasteiger partial charge in [-0.15, -0.1) is 0 Å².